The number of nitrogens with one attached hydrogen (secondary N) is 2. The van der Waals surface area contributed by atoms with Gasteiger partial charge in [0.2, 0.25) is 0 Å². The zero-order chi connectivity index (χ0) is 16.8. The van der Waals surface area contributed by atoms with Crippen LogP contribution in [0.3, 0.4) is 0 Å². The van der Waals surface area contributed by atoms with E-state index in [4.69, 9.17) is 4.74 Å². The van der Waals surface area contributed by atoms with Gasteiger partial charge in [-0.2, -0.15) is 0 Å². The van der Waals surface area contributed by atoms with E-state index in [-0.39, 0.29) is 12.5 Å². The number of aliphatic hydroxyl groups excluding tert-OH is 1. The summed E-state index contributed by atoms with van der Waals surface area (Å²) in [5.41, 5.74) is 1.13. The molecule has 0 aliphatic rings. The smallest absolute Gasteiger partial charge is 0.191 e. The van der Waals surface area contributed by atoms with Gasteiger partial charge in [0.05, 0.1) is 6.61 Å². The summed E-state index contributed by atoms with van der Waals surface area (Å²) in [5, 5.41) is 16.1. The minimum atomic E-state index is 0.0622. The molecule has 1 aromatic rings. The lowest BCUT2D eigenvalue weighted by atomic mass is 10.0. The molecular formula is C18H31N3O2. The van der Waals surface area contributed by atoms with Crippen molar-refractivity contribution in [2.75, 3.05) is 40.0 Å². The van der Waals surface area contributed by atoms with Crippen molar-refractivity contribution >= 4 is 5.96 Å². The highest BCUT2D eigenvalue weighted by atomic mass is 16.5. The molecule has 5 heteroatoms. The lowest BCUT2D eigenvalue weighted by Gasteiger charge is -2.18. The fourth-order valence-electron chi connectivity index (χ4n) is 2.18. The van der Waals surface area contributed by atoms with E-state index < -0.39 is 0 Å². The van der Waals surface area contributed by atoms with Gasteiger partial charge in [0, 0.05) is 39.3 Å². The molecule has 0 aliphatic carbocycles. The molecule has 0 saturated carbocycles. The highest BCUT2D eigenvalue weighted by Crippen LogP contribution is 2.13. The highest BCUT2D eigenvalue weighted by molar-refractivity contribution is 5.79. The van der Waals surface area contributed by atoms with E-state index in [1.54, 1.807) is 7.05 Å². The molecule has 1 atom stereocenters. The molecule has 0 radical (unpaired) electrons. The number of hydrogen-bond donors (Lipinski definition) is 3. The van der Waals surface area contributed by atoms with E-state index in [1.165, 1.54) is 6.42 Å². The minimum absolute atomic E-state index is 0.0622. The van der Waals surface area contributed by atoms with Crippen LogP contribution in [-0.4, -0.2) is 51.0 Å². The molecule has 0 amide bonds. The molecule has 0 aromatic heterocycles. The minimum Gasteiger partial charge on any atom is -0.396 e. The summed E-state index contributed by atoms with van der Waals surface area (Å²) < 4.78 is 5.53. The average molecular weight is 321 g/mol. The molecule has 0 fully saturated rings. The van der Waals surface area contributed by atoms with Crippen LogP contribution < -0.4 is 10.6 Å². The molecule has 1 unspecified atom stereocenters. The van der Waals surface area contributed by atoms with Crippen LogP contribution in [0.15, 0.2) is 35.3 Å². The summed E-state index contributed by atoms with van der Waals surface area (Å²) >= 11 is 0. The van der Waals surface area contributed by atoms with Crippen molar-refractivity contribution in [1.29, 1.82) is 0 Å². The van der Waals surface area contributed by atoms with Gasteiger partial charge >= 0.3 is 0 Å². The predicted molar refractivity (Wildman–Crippen MR) is 96.0 cm³/mol. The Hall–Kier alpha value is -1.59. The Morgan fingerprint density at radius 2 is 1.91 bits per heavy atom. The van der Waals surface area contributed by atoms with Gasteiger partial charge in [0.15, 0.2) is 5.96 Å². The molecule has 0 heterocycles. The van der Waals surface area contributed by atoms with Crippen LogP contribution in [0.4, 0.5) is 0 Å². The second-order valence-electron chi connectivity index (χ2n) is 5.49. The number of rotatable bonds is 11. The van der Waals surface area contributed by atoms with Gasteiger partial charge in [-0.15, -0.1) is 0 Å². The fraction of sp³-hybridized carbons (Fsp3) is 0.611. The first-order chi connectivity index (χ1) is 11.3. The second-order valence-corrected chi connectivity index (χ2v) is 5.49. The van der Waals surface area contributed by atoms with E-state index in [1.807, 2.05) is 30.3 Å². The molecular weight excluding hydrogens is 290 g/mol. The summed E-state index contributed by atoms with van der Waals surface area (Å²) in [6.07, 6.45) is 3.24. The van der Waals surface area contributed by atoms with Gasteiger partial charge < -0.3 is 20.5 Å². The van der Waals surface area contributed by atoms with Crippen molar-refractivity contribution in [3.05, 3.63) is 35.9 Å². The van der Waals surface area contributed by atoms with Crippen LogP contribution in [0.1, 0.15) is 37.7 Å². The number of hydrogen-bond acceptors (Lipinski definition) is 3. The summed E-state index contributed by atoms with van der Waals surface area (Å²) in [6, 6.07) is 10.0. The Bertz CT molecular complexity index is 424. The van der Waals surface area contributed by atoms with Gasteiger partial charge in [-0.3, -0.25) is 4.99 Å². The van der Waals surface area contributed by atoms with E-state index in [0.717, 1.165) is 44.1 Å². The van der Waals surface area contributed by atoms with E-state index in [0.29, 0.717) is 6.54 Å². The first-order valence-corrected chi connectivity index (χ1v) is 8.49. The third-order valence-electron chi connectivity index (χ3n) is 3.63. The molecule has 0 spiro atoms. The summed E-state index contributed by atoms with van der Waals surface area (Å²) in [7, 11) is 1.75. The topological polar surface area (TPSA) is 65.9 Å². The second kappa shape index (κ2) is 12.9. The third-order valence-corrected chi connectivity index (χ3v) is 3.63. The van der Waals surface area contributed by atoms with Crippen molar-refractivity contribution in [3.8, 4) is 0 Å². The van der Waals surface area contributed by atoms with Crippen molar-refractivity contribution in [2.24, 2.45) is 4.99 Å². The van der Waals surface area contributed by atoms with Gasteiger partial charge in [-0.05, 0) is 18.4 Å². The van der Waals surface area contributed by atoms with Crippen molar-refractivity contribution in [1.82, 2.24) is 10.6 Å². The lowest BCUT2D eigenvalue weighted by molar-refractivity contribution is 0.129. The normalized spacial score (nSPS) is 12.9. The standard InChI is InChI=1S/C18H31N3O2/c1-3-4-12-23-13-8-11-20-18(19-2)21-14-17(15-22)16-9-6-5-7-10-16/h5-7,9-10,17,22H,3-4,8,11-15H2,1-2H3,(H2,19,20,21). The lowest BCUT2D eigenvalue weighted by Crippen LogP contribution is -2.40. The number of guanidine groups is 1. The third kappa shape index (κ3) is 8.57. The van der Waals surface area contributed by atoms with Crippen LogP contribution in [-0.2, 0) is 4.74 Å². The van der Waals surface area contributed by atoms with Gasteiger partial charge in [-0.1, -0.05) is 43.7 Å². The fourth-order valence-corrected chi connectivity index (χ4v) is 2.18. The Kier molecular flexibility index (Phi) is 10.9. The van der Waals surface area contributed by atoms with Crippen molar-refractivity contribution in [3.63, 3.8) is 0 Å². The first kappa shape index (κ1) is 19.5. The van der Waals surface area contributed by atoms with Crippen molar-refractivity contribution in [2.45, 2.75) is 32.1 Å². The molecule has 3 N–H and O–H groups in total. The Morgan fingerprint density at radius 3 is 2.57 bits per heavy atom. The Morgan fingerprint density at radius 1 is 1.17 bits per heavy atom. The van der Waals surface area contributed by atoms with Crippen molar-refractivity contribution < 1.29 is 9.84 Å². The molecule has 130 valence electrons. The molecule has 0 bridgehead atoms. The van der Waals surface area contributed by atoms with Crippen LogP contribution >= 0.6 is 0 Å². The summed E-state index contributed by atoms with van der Waals surface area (Å²) in [4.78, 5) is 4.21. The van der Waals surface area contributed by atoms with E-state index >= 15 is 0 Å². The summed E-state index contributed by atoms with van der Waals surface area (Å²) in [6.45, 7) is 5.36. The number of benzene rings is 1. The molecule has 5 nitrogen and oxygen atoms in total. The number of nitrogens with zero attached hydrogens (tertiary/aromatic N) is 1. The Balaban J connectivity index is 2.23. The monoisotopic (exact) mass is 321 g/mol. The summed E-state index contributed by atoms with van der Waals surface area (Å²) in [5.74, 6) is 0.820. The maximum atomic E-state index is 9.57. The van der Waals surface area contributed by atoms with Crippen LogP contribution in [0.2, 0.25) is 0 Å². The van der Waals surface area contributed by atoms with E-state index in [9.17, 15) is 5.11 Å². The average Bonchev–Trinajstić information content (AvgIpc) is 2.60. The number of aliphatic hydroxyl groups is 1. The number of unbranched alkanes of at least 4 members (excludes halogenated alkanes) is 1. The molecule has 0 saturated heterocycles. The van der Waals surface area contributed by atoms with Gasteiger partial charge in [0.1, 0.15) is 0 Å². The predicted octanol–water partition coefficient (Wildman–Crippen LogP) is 2.13. The zero-order valence-corrected chi connectivity index (χ0v) is 14.4. The quantitative estimate of drug-likeness (QED) is 0.332. The largest absolute Gasteiger partial charge is 0.396 e. The van der Waals surface area contributed by atoms with Crippen LogP contribution in [0.5, 0.6) is 0 Å². The zero-order valence-electron chi connectivity index (χ0n) is 14.4. The van der Waals surface area contributed by atoms with Gasteiger partial charge in [-0.25, -0.2) is 0 Å². The van der Waals surface area contributed by atoms with E-state index in [2.05, 4.69) is 22.5 Å². The van der Waals surface area contributed by atoms with Gasteiger partial charge in [0.25, 0.3) is 0 Å². The van der Waals surface area contributed by atoms with Crippen LogP contribution in [0, 0.1) is 0 Å². The number of ether oxygens (including phenoxy) is 1. The van der Waals surface area contributed by atoms with Crippen LogP contribution in [0.25, 0.3) is 0 Å². The first-order valence-electron chi connectivity index (χ1n) is 8.49. The SMILES string of the molecule is CCCCOCCCNC(=NC)NCC(CO)c1ccccc1. The molecule has 1 aromatic carbocycles. The number of aliphatic imine (C=N–C) groups is 1. The molecule has 1 rings (SSSR count). The highest BCUT2D eigenvalue weighted by Gasteiger charge is 2.10. The maximum absolute atomic E-state index is 9.57. The maximum Gasteiger partial charge on any atom is 0.191 e. The molecule has 23 heavy (non-hydrogen) atoms. The molecule has 0 aliphatic heterocycles. The Labute approximate surface area is 140 Å².